The number of nitrogen functional groups attached to an aromatic ring is 1. The normalized spacial score (nSPS) is 10.1. The van der Waals surface area contributed by atoms with Crippen LogP contribution in [0.15, 0.2) is 24.4 Å². The fourth-order valence-corrected chi connectivity index (χ4v) is 1.53. The van der Waals surface area contributed by atoms with Gasteiger partial charge in [-0.15, -0.1) is 5.10 Å². The van der Waals surface area contributed by atoms with Gasteiger partial charge in [-0.25, -0.2) is 4.39 Å². The van der Waals surface area contributed by atoms with Gasteiger partial charge in [0.05, 0.1) is 11.8 Å². The largest absolute Gasteiger partial charge is 0.399 e. The van der Waals surface area contributed by atoms with Crippen LogP contribution >= 0.6 is 11.5 Å². The Hall–Kier alpha value is -2.02. The summed E-state index contributed by atoms with van der Waals surface area (Å²) >= 11 is 1.01. The van der Waals surface area contributed by atoms with Crippen LogP contribution in [-0.4, -0.2) is 15.5 Å². The summed E-state index contributed by atoms with van der Waals surface area (Å²) in [5.74, 6) is -1.21. The van der Waals surface area contributed by atoms with Gasteiger partial charge >= 0.3 is 0 Å². The van der Waals surface area contributed by atoms with Gasteiger partial charge in [-0.05, 0) is 18.2 Å². The molecule has 0 radical (unpaired) electrons. The molecular weight excluding hydrogens is 231 g/mol. The van der Waals surface area contributed by atoms with E-state index in [1.807, 2.05) is 0 Å². The SMILES string of the molecule is Nc1ccc(C(=O)Nc2cnns2)c(F)c1. The molecule has 3 N–H and O–H groups in total. The quantitative estimate of drug-likeness (QED) is 0.777. The maximum Gasteiger partial charge on any atom is 0.259 e. The van der Waals surface area contributed by atoms with E-state index in [2.05, 4.69) is 14.9 Å². The Morgan fingerprint density at radius 1 is 1.50 bits per heavy atom. The van der Waals surface area contributed by atoms with Crippen molar-refractivity contribution in [3.05, 3.63) is 35.8 Å². The van der Waals surface area contributed by atoms with Crippen LogP contribution in [0.5, 0.6) is 0 Å². The van der Waals surface area contributed by atoms with E-state index in [0.717, 1.165) is 17.6 Å². The lowest BCUT2D eigenvalue weighted by Crippen LogP contribution is -2.13. The maximum absolute atomic E-state index is 13.4. The molecule has 7 heteroatoms. The van der Waals surface area contributed by atoms with Crippen molar-refractivity contribution in [3.8, 4) is 0 Å². The molecule has 1 heterocycles. The summed E-state index contributed by atoms with van der Waals surface area (Å²) in [4.78, 5) is 11.6. The standard InChI is InChI=1S/C9H7FN4OS/c10-7-3-5(11)1-2-6(7)9(15)13-8-4-12-14-16-8/h1-4H,11H2,(H,13,15). The smallest absolute Gasteiger partial charge is 0.259 e. The van der Waals surface area contributed by atoms with Crippen LogP contribution in [0, 0.1) is 5.82 Å². The molecule has 2 aromatic rings. The van der Waals surface area contributed by atoms with Crippen LogP contribution in [0.1, 0.15) is 10.4 Å². The summed E-state index contributed by atoms with van der Waals surface area (Å²) in [6, 6.07) is 3.89. The van der Waals surface area contributed by atoms with Crippen molar-refractivity contribution in [1.29, 1.82) is 0 Å². The molecule has 5 nitrogen and oxygen atoms in total. The van der Waals surface area contributed by atoms with Crippen molar-refractivity contribution in [1.82, 2.24) is 9.59 Å². The highest BCUT2D eigenvalue weighted by Crippen LogP contribution is 2.15. The summed E-state index contributed by atoms with van der Waals surface area (Å²) < 4.78 is 16.9. The number of nitrogens with two attached hydrogens (primary N) is 1. The summed E-state index contributed by atoms with van der Waals surface area (Å²) in [6.45, 7) is 0. The molecule has 0 aliphatic carbocycles. The fourth-order valence-electron chi connectivity index (χ4n) is 1.12. The third-order valence-corrected chi connectivity index (χ3v) is 2.42. The number of nitrogens with zero attached hydrogens (tertiary/aromatic N) is 2. The first-order valence-electron chi connectivity index (χ1n) is 4.30. The molecule has 0 saturated carbocycles. The van der Waals surface area contributed by atoms with Gasteiger partial charge in [0.1, 0.15) is 10.8 Å². The van der Waals surface area contributed by atoms with E-state index in [1.165, 1.54) is 18.3 Å². The Balaban J connectivity index is 2.21. The molecule has 0 saturated heterocycles. The number of nitrogens with one attached hydrogen (secondary N) is 1. The summed E-state index contributed by atoms with van der Waals surface area (Å²) in [5.41, 5.74) is 5.58. The fraction of sp³-hybridized carbons (Fsp3) is 0. The molecule has 0 atom stereocenters. The number of aromatic nitrogens is 2. The van der Waals surface area contributed by atoms with Gasteiger partial charge in [-0.1, -0.05) is 4.49 Å². The second-order valence-corrected chi connectivity index (χ2v) is 3.76. The first-order chi connectivity index (χ1) is 7.66. The predicted molar refractivity (Wildman–Crippen MR) is 58.7 cm³/mol. The second kappa shape index (κ2) is 4.23. The Morgan fingerprint density at radius 2 is 2.31 bits per heavy atom. The highest BCUT2D eigenvalue weighted by atomic mass is 32.1. The maximum atomic E-state index is 13.4. The lowest BCUT2D eigenvalue weighted by atomic mass is 10.2. The number of carbonyl (C=O) groups is 1. The third kappa shape index (κ3) is 2.14. The zero-order valence-electron chi connectivity index (χ0n) is 7.98. The molecule has 82 valence electrons. The van der Waals surface area contributed by atoms with Gasteiger partial charge in [-0.3, -0.25) is 4.79 Å². The minimum absolute atomic E-state index is 0.0670. The molecule has 0 aliphatic rings. The van der Waals surface area contributed by atoms with Crippen molar-refractivity contribution in [2.45, 2.75) is 0 Å². The zero-order chi connectivity index (χ0) is 11.5. The predicted octanol–water partition coefficient (Wildman–Crippen LogP) is 1.51. The molecule has 0 unspecified atom stereocenters. The van der Waals surface area contributed by atoms with E-state index in [1.54, 1.807) is 0 Å². The average molecular weight is 238 g/mol. The number of hydrogen-bond donors (Lipinski definition) is 2. The van der Waals surface area contributed by atoms with E-state index in [0.29, 0.717) is 5.00 Å². The van der Waals surface area contributed by atoms with Gasteiger partial charge < -0.3 is 11.1 Å². The Bertz CT molecular complexity index is 514. The van der Waals surface area contributed by atoms with E-state index in [9.17, 15) is 9.18 Å². The summed E-state index contributed by atoms with van der Waals surface area (Å²) in [6.07, 6.45) is 1.39. The lowest BCUT2D eigenvalue weighted by molar-refractivity contribution is 0.102. The van der Waals surface area contributed by atoms with Crippen molar-refractivity contribution >= 4 is 28.1 Å². The molecule has 1 aromatic heterocycles. The van der Waals surface area contributed by atoms with Gasteiger partial charge in [0.2, 0.25) is 0 Å². The van der Waals surface area contributed by atoms with Crippen LogP contribution in [0.4, 0.5) is 15.1 Å². The molecule has 0 bridgehead atoms. The van der Waals surface area contributed by atoms with Crippen molar-refractivity contribution in [2.24, 2.45) is 0 Å². The summed E-state index contributed by atoms with van der Waals surface area (Å²) in [7, 11) is 0. The molecule has 0 fully saturated rings. The average Bonchev–Trinajstić information content (AvgIpc) is 2.70. The lowest BCUT2D eigenvalue weighted by Gasteiger charge is -2.03. The van der Waals surface area contributed by atoms with Crippen molar-refractivity contribution < 1.29 is 9.18 Å². The molecule has 16 heavy (non-hydrogen) atoms. The first-order valence-corrected chi connectivity index (χ1v) is 5.08. The molecule has 0 aliphatic heterocycles. The molecule has 0 spiro atoms. The van der Waals surface area contributed by atoms with E-state index in [-0.39, 0.29) is 11.3 Å². The Morgan fingerprint density at radius 3 is 2.94 bits per heavy atom. The van der Waals surface area contributed by atoms with Crippen LogP contribution in [0.25, 0.3) is 0 Å². The van der Waals surface area contributed by atoms with Gasteiger partial charge in [0.15, 0.2) is 0 Å². The summed E-state index contributed by atoms with van der Waals surface area (Å²) in [5, 5.41) is 6.48. The Kier molecular flexibility index (Phi) is 2.78. The number of hydrogen-bond acceptors (Lipinski definition) is 5. The first kappa shape index (κ1) is 10.5. The zero-order valence-corrected chi connectivity index (χ0v) is 8.79. The van der Waals surface area contributed by atoms with E-state index < -0.39 is 11.7 Å². The number of halogens is 1. The minimum atomic E-state index is -0.657. The number of benzene rings is 1. The van der Waals surface area contributed by atoms with Crippen molar-refractivity contribution in [2.75, 3.05) is 11.1 Å². The third-order valence-electron chi connectivity index (χ3n) is 1.84. The van der Waals surface area contributed by atoms with Crippen LogP contribution in [-0.2, 0) is 0 Å². The van der Waals surface area contributed by atoms with Crippen LogP contribution < -0.4 is 11.1 Å². The monoisotopic (exact) mass is 238 g/mol. The second-order valence-electron chi connectivity index (χ2n) is 2.98. The number of anilines is 2. The van der Waals surface area contributed by atoms with Gasteiger partial charge in [0.25, 0.3) is 5.91 Å². The molecule has 1 amide bonds. The van der Waals surface area contributed by atoms with E-state index in [4.69, 9.17) is 5.73 Å². The minimum Gasteiger partial charge on any atom is -0.399 e. The van der Waals surface area contributed by atoms with Crippen LogP contribution in [0.2, 0.25) is 0 Å². The molecular formula is C9H7FN4OS. The number of amides is 1. The number of carbonyl (C=O) groups excluding carboxylic acids is 1. The van der Waals surface area contributed by atoms with Gasteiger partial charge in [-0.2, -0.15) is 0 Å². The molecule has 2 rings (SSSR count). The van der Waals surface area contributed by atoms with Crippen LogP contribution in [0.3, 0.4) is 0 Å². The molecule has 1 aromatic carbocycles. The number of rotatable bonds is 2. The van der Waals surface area contributed by atoms with Gasteiger partial charge in [0, 0.05) is 17.2 Å². The van der Waals surface area contributed by atoms with E-state index >= 15 is 0 Å². The highest BCUT2D eigenvalue weighted by molar-refractivity contribution is 7.10. The topological polar surface area (TPSA) is 80.9 Å². The Labute approximate surface area is 94.3 Å². The van der Waals surface area contributed by atoms with Crippen molar-refractivity contribution in [3.63, 3.8) is 0 Å². The highest BCUT2D eigenvalue weighted by Gasteiger charge is 2.12.